The van der Waals surface area contributed by atoms with E-state index in [9.17, 15) is 0 Å². The van der Waals surface area contributed by atoms with Crippen molar-refractivity contribution in [2.45, 2.75) is 32.3 Å². The maximum atomic E-state index is 6.00. The standard InChI is InChI=1S/C23H33N5O3.HI/c1-5-24-22(28-8-9-29-21(15-28)17-13-26-27(4)14-17)25-16-23(2,3)18-6-7-19-20(12-18)31-11-10-30-19;/h6-7,12-14,21H,5,8-11,15-16H2,1-4H3,(H,24,25);1H. The molecule has 2 aromatic rings. The number of rotatable bonds is 5. The lowest BCUT2D eigenvalue weighted by Gasteiger charge is -2.35. The number of halogens is 1. The average molecular weight is 555 g/mol. The Balaban J connectivity index is 0.00000289. The number of nitrogens with zero attached hydrogens (tertiary/aromatic N) is 4. The highest BCUT2D eigenvalue weighted by atomic mass is 127. The minimum Gasteiger partial charge on any atom is -0.486 e. The Morgan fingerprint density at radius 2 is 2.00 bits per heavy atom. The zero-order valence-corrected chi connectivity index (χ0v) is 21.7. The van der Waals surface area contributed by atoms with Crippen molar-refractivity contribution in [1.29, 1.82) is 0 Å². The number of fused-ring (bicyclic) bond motifs is 1. The van der Waals surface area contributed by atoms with Crippen molar-refractivity contribution in [3.05, 3.63) is 41.7 Å². The normalized spacial score (nSPS) is 18.8. The molecule has 1 aromatic heterocycles. The maximum absolute atomic E-state index is 6.00. The lowest BCUT2D eigenvalue weighted by Crippen LogP contribution is -2.48. The summed E-state index contributed by atoms with van der Waals surface area (Å²) in [6.07, 6.45) is 3.89. The van der Waals surface area contributed by atoms with Crippen LogP contribution in [0.4, 0.5) is 0 Å². The molecule has 0 aliphatic carbocycles. The van der Waals surface area contributed by atoms with E-state index in [-0.39, 0.29) is 35.5 Å². The van der Waals surface area contributed by atoms with E-state index in [1.807, 2.05) is 30.2 Å². The molecule has 1 saturated heterocycles. The van der Waals surface area contributed by atoms with Gasteiger partial charge in [-0.25, -0.2) is 0 Å². The Morgan fingerprint density at radius 3 is 2.72 bits per heavy atom. The van der Waals surface area contributed by atoms with Crippen molar-refractivity contribution in [3.8, 4) is 11.5 Å². The maximum Gasteiger partial charge on any atom is 0.194 e. The molecule has 32 heavy (non-hydrogen) atoms. The first-order valence-electron chi connectivity index (χ1n) is 11.0. The molecule has 0 spiro atoms. The predicted octanol–water partition coefficient (Wildman–Crippen LogP) is 3.13. The number of hydrogen-bond donors (Lipinski definition) is 1. The van der Waals surface area contributed by atoms with Gasteiger partial charge in [-0.3, -0.25) is 9.67 Å². The number of aryl methyl sites for hydroxylation is 1. The van der Waals surface area contributed by atoms with Crippen LogP contribution in [0.15, 0.2) is 35.6 Å². The van der Waals surface area contributed by atoms with Gasteiger partial charge in [-0.1, -0.05) is 19.9 Å². The van der Waals surface area contributed by atoms with Gasteiger partial charge in [0.05, 0.1) is 25.9 Å². The fourth-order valence-corrected chi connectivity index (χ4v) is 3.90. The van der Waals surface area contributed by atoms with Gasteiger partial charge in [-0.2, -0.15) is 5.10 Å². The van der Waals surface area contributed by atoms with E-state index in [1.54, 1.807) is 0 Å². The van der Waals surface area contributed by atoms with Crippen molar-refractivity contribution >= 4 is 29.9 Å². The molecular formula is C23H34IN5O3. The van der Waals surface area contributed by atoms with Crippen LogP contribution in [0.3, 0.4) is 0 Å². The molecule has 1 fully saturated rings. The molecule has 1 unspecified atom stereocenters. The molecule has 2 aliphatic rings. The molecule has 2 aliphatic heterocycles. The lowest BCUT2D eigenvalue weighted by molar-refractivity contribution is -0.00806. The van der Waals surface area contributed by atoms with Gasteiger partial charge >= 0.3 is 0 Å². The second-order valence-corrected chi connectivity index (χ2v) is 8.67. The number of hydrogen-bond acceptors (Lipinski definition) is 5. The Morgan fingerprint density at radius 1 is 1.22 bits per heavy atom. The molecule has 0 amide bonds. The first-order chi connectivity index (χ1) is 15.0. The summed E-state index contributed by atoms with van der Waals surface area (Å²) in [6.45, 7) is 11.4. The first-order valence-corrected chi connectivity index (χ1v) is 11.0. The van der Waals surface area contributed by atoms with Gasteiger partial charge in [-0.05, 0) is 24.6 Å². The van der Waals surface area contributed by atoms with Gasteiger partial charge < -0.3 is 24.4 Å². The topological polar surface area (TPSA) is 73.1 Å². The number of ether oxygens (including phenoxy) is 3. The zero-order valence-electron chi connectivity index (χ0n) is 19.3. The molecule has 0 saturated carbocycles. The molecule has 1 aromatic carbocycles. The van der Waals surface area contributed by atoms with Crippen LogP contribution in [-0.2, 0) is 17.2 Å². The Labute approximate surface area is 207 Å². The van der Waals surface area contributed by atoms with E-state index >= 15 is 0 Å². The summed E-state index contributed by atoms with van der Waals surface area (Å²) >= 11 is 0. The van der Waals surface area contributed by atoms with E-state index < -0.39 is 0 Å². The van der Waals surface area contributed by atoms with Crippen molar-refractivity contribution in [2.24, 2.45) is 12.0 Å². The van der Waals surface area contributed by atoms with Crippen LogP contribution >= 0.6 is 24.0 Å². The second kappa shape index (κ2) is 10.7. The van der Waals surface area contributed by atoms with Crippen LogP contribution in [0.2, 0.25) is 0 Å². The minimum atomic E-state index is -0.147. The van der Waals surface area contributed by atoms with Gasteiger partial charge in [0.25, 0.3) is 0 Å². The quantitative estimate of drug-likeness (QED) is 0.348. The highest BCUT2D eigenvalue weighted by Gasteiger charge is 2.27. The van der Waals surface area contributed by atoms with E-state index in [0.29, 0.717) is 26.4 Å². The second-order valence-electron chi connectivity index (χ2n) is 8.67. The van der Waals surface area contributed by atoms with E-state index in [4.69, 9.17) is 19.2 Å². The molecule has 1 atom stereocenters. The third-order valence-corrected chi connectivity index (χ3v) is 5.75. The summed E-state index contributed by atoms with van der Waals surface area (Å²) in [4.78, 5) is 7.30. The monoisotopic (exact) mass is 555 g/mol. The SMILES string of the molecule is CCNC(=NCC(C)(C)c1ccc2c(c1)OCCO2)N1CCOC(c2cnn(C)c2)C1.I. The largest absolute Gasteiger partial charge is 0.486 e. The van der Waals surface area contributed by atoms with E-state index in [0.717, 1.165) is 42.7 Å². The average Bonchev–Trinajstić information content (AvgIpc) is 3.23. The predicted molar refractivity (Wildman–Crippen MR) is 135 cm³/mol. The van der Waals surface area contributed by atoms with Crippen molar-refractivity contribution in [3.63, 3.8) is 0 Å². The molecular weight excluding hydrogens is 521 g/mol. The number of guanidine groups is 1. The van der Waals surface area contributed by atoms with Gasteiger partial charge in [-0.15, -0.1) is 24.0 Å². The molecule has 176 valence electrons. The molecule has 0 bridgehead atoms. The van der Waals surface area contributed by atoms with Crippen LogP contribution in [0.25, 0.3) is 0 Å². The molecule has 3 heterocycles. The number of morpholine rings is 1. The smallest absolute Gasteiger partial charge is 0.194 e. The van der Waals surface area contributed by atoms with Crippen LogP contribution in [-0.4, -0.2) is 66.6 Å². The van der Waals surface area contributed by atoms with Crippen LogP contribution in [0.5, 0.6) is 11.5 Å². The summed E-state index contributed by atoms with van der Waals surface area (Å²) < 4.78 is 19.2. The number of benzene rings is 1. The molecule has 1 N–H and O–H groups in total. The van der Waals surface area contributed by atoms with E-state index in [1.165, 1.54) is 5.56 Å². The Bertz CT molecular complexity index is 930. The van der Waals surface area contributed by atoms with E-state index in [2.05, 4.69) is 48.2 Å². The Hall–Kier alpha value is -2.01. The molecule has 0 radical (unpaired) electrons. The lowest BCUT2D eigenvalue weighted by atomic mass is 9.84. The summed E-state index contributed by atoms with van der Waals surface area (Å²) in [5, 5.41) is 7.74. The van der Waals surface area contributed by atoms with Gasteiger partial charge in [0.1, 0.15) is 19.3 Å². The molecule has 9 heteroatoms. The highest BCUT2D eigenvalue weighted by Crippen LogP contribution is 2.35. The van der Waals surface area contributed by atoms with Crippen LogP contribution in [0, 0.1) is 0 Å². The van der Waals surface area contributed by atoms with Crippen LogP contribution in [0.1, 0.15) is 38.0 Å². The van der Waals surface area contributed by atoms with Gasteiger partial charge in [0, 0.05) is 37.3 Å². The summed E-state index contributed by atoms with van der Waals surface area (Å²) in [5.41, 5.74) is 2.14. The molecule has 4 rings (SSSR count). The Kier molecular flexibility index (Phi) is 8.26. The third-order valence-electron chi connectivity index (χ3n) is 5.75. The van der Waals surface area contributed by atoms with Crippen molar-refractivity contribution in [1.82, 2.24) is 20.0 Å². The highest BCUT2D eigenvalue weighted by molar-refractivity contribution is 14.0. The van der Waals surface area contributed by atoms with Crippen molar-refractivity contribution in [2.75, 3.05) is 46.0 Å². The third kappa shape index (κ3) is 5.67. The van der Waals surface area contributed by atoms with Gasteiger partial charge in [0.2, 0.25) is 0 Å². The fraction of sp³-hybridized carbons (Fsp3) is 0.565. The first kappa shape index (κ1) is 24.6. The number of aromatic nitrogens is 2. The summed E-state index contributed by atoms with van der Waals surface area (Å²) in [6, 6.07) is 6.20. The van der Waals surface area contributed by atoms with Gasteiger partial charge in [0.15, 0.2) is 17.5 Å². The number of nitrogens with one attached hydrogen (secondary N) is 1. The molecule has 8 nitrogen and oxygen atoms in total. The zero-order chi connectivity index (χ0) is 21.8. The number of aliphatic imine (C=N–C) groups is 1. The summed E-state index contributed by atoms with van der Waals surface area (Å²) in [5.74, 6) is 2.56. The van der Waals surface area contributed by atoms with Crippen molar-refractivity contribution < 1.29 is 14.2 Å². The summed E-state index contributed by atoms with van der Waals surface area (Å²) in [7, 11) is 1.93. The van der Waals surface area contributed by atoms with Crippen LogP contribution < -0.4 is 14.8 Å². The fourth-order valence-electron chi connectivity index (χ4n) is 3.90. The minimum absolute atomic E-state index is 0.